The van der Waals surface area contributed by atoms with Crippen LogP contribution in [0.5, 0.6) is 5.75 Å². The summed E-state index contributed by atoms with van der Waals surface area (Å²) in [7, 11) is 0. The minimum atomic E-state index is -0.945. The van der Waals surface area contributed by atoms with E-state index in [1.54, 1.807) is 24.3 Å². The van der Waals surface area contributed by atoms with Gasteiger partial charge in [0.05, 0.1) is 24.0 Å². The van der Waals surface area contributed by atoms with E-state index in [0.717, 1.165) is 61.7 Å². The van der Waals surface area contributed by atoms with Gasteiger partial charge in [-0.3, -0.25) is 0 Å². The van der Waals surface area contributed by atoms with E-state index in [-0.39, 0.29) is 16.4 Å². The molecular weight excluding hydrogens is 462 g/mol. The summed E-state index contributed by atoms with van der Waals surface area (Å²) in [6.07, 6.45) is 7.01. The van der Waals surface area contributed by atoms with Gasteiger partial charge in [0.15, 0.2) is 0 Å². The number of rotatable bonds is 6. The highest BCUT2D eigenvalue weighted by molar-refractivity contribution is 6.30. The zero-order chi connectivity index (χ0) is 24.8. The number of carboxylic acids is 1. The van der Waals surface area contributed by atoms with E-state index in [4.69, 9.17) is 16.3 Å². The Hall–Kier alpha value is -2.50. The number of hydrogen-bond acceptors (Lipinski definition) is 4. The van der Waals surface area contributed by atoms with Gasteiger partial charge in [-0.1, -0.05) is 30.7 Å². The van der Waals surface area contributed by atoms with Crippen molar-refractivity contribution in [3.63, 3.8) is 0 Å². The molecule has 1 saturated carbocycles. The first-order valence-corrected chi connectivity index (χ1v) is 13.0. The van der Waals surface area contributed by atoms with Gasteiger partial charge in [-0.15, -0.1) is 6.58 Å². The van der Waals surface area contributed by atoms with Crippen LogP contribution in [0.4, 0.5) is 5.69 Å². The predicted molar refractivity (Wildman–Crippen MR) is 139 cm³/mol. The number of halogens is 1. The van der Waals surface area contributed by atoms with Crippen LogP contribution in [0.3, 0.4) is 0 Å². The maximum Gasteiger partial charge on any atom is 0.335 e. The number of benzene rings is 2. The summed E-state index contributed by atoms with van der Waals surface area (Å²) < 4.78 is 6.43. The number of carboxylic acid groups (broad SMARTS) is 1. The van der Waals surface area contributed by atoms with Crippen LogP contribution in [0, 0.1) is 11.3 Å². The standard InChI is InChI=1S/C29H34ClNO4/c1-3-5-26(32)28(2)13-11-21(28)16-31-17-29(12-4-6-19-14-22(30)8-9-23(19)29)18-35-25-10-7-20(27(33)34)15-24(25)31/h3,7-10,14-15,21,26,32H,1,4-6,11-13,16-18H2,2H3,(H,33,34)/t21-,26-,28-,29?/m1/s1. The molecule has 1 fully saturated rings. The average molecular weight is 496 g/mol. The van der Waals surface area contributed by atoms with Gasteiger partial charge in [0.25, 0.3) is 0 Å². The van der Waals surface area contributed by atoms with Crippen molar-refractivity contribution in [2.45, 2.75) is 57.0 Å². The largest absolute Gasteiger partial charge is 0.490 e. The number of ether oxygens (including phenoxy) is 1. The summed E-state index contributed by atoms with van der Waals surface area (Å²) in [6, 6.07) is 11.4. The summed E-state index contributed by atoms with van der Waals surface area (Å²) >= 11 is 6.34. The first-order valence-electron chi connectivity index (χ1n) is 12.6. The second kappa shape index (κ2) is 9.18. The minimum Gasteiger partial charge on any atom is -0.490 e. The summed E-state index contributed by atoms with van der Waals surface area (Å²) in [5.74, 6) is 0.0714. The van der Waals surface area contributed by atoms with Crippen molar-refractivity contribution in [3.8, 4) is 5.75 Å². The van der Waals surface area contributed by atoms with Crippen LogP contribution in [0.2, 0.25) is 5.02 Å². The van der Waals surface area contributed by atoms with Crippen LogP contribution in [0.1, 0.15) is 60.5 Å². The molecule has 0 bridgehead atoms. The van der Waals surface area contributed by atoms with Crippen LogP contribution in [0.15, 0.2) is 49.1 Å². The Morgan fingerprint density at radius 3 is 2.86 bits per heavy atom. The molecule has 1 unspecified atom stereocenters. The van der Waals surface area contributed by atoms with E-state index >= 15 is 0 Å². The third-order valence-electron chi connectivity index (χ3n) is 8.84. The molecule has 2 aliphatic carbocycles. The van der Waals surface area contributed by atoms with Crippen molar-refractivity contribution >= 4 is 23.3 Å². The number of hydrogen-bond donors (Lipinski definition) is 2. The maximum absolute atomic E-state index is 11.8. The van der Waals surface area contributed by atoms with Gasteiger partial charge >= 0.3 is 5.97 Å². The van der Waals surface area contributed by atoms with Crippen LogP contribution < -0.4 is 9.64 Å². The lowest BCUT2D eigenvalue weighted by molar-refractivity contribution is -0.0695. The second-order valence-corrected chi connectivity index (χ2v) is 11.3. The molecule has 35 heavy (non-hydrogen) atoms. The first kappa shape index (κ1) is 24.2. The van der Waals surface area contributed by atoms with E-state index in [0.29, 0.717) is 18.9 Å². The molecule has 2 aromatic carbocycles. The third kappa shape index (κ3) is 4.23. The van der Waals surface area contributed by atoms with E-state index in [1.165, 1.54) is 11.1 Å². The van der Waals surface area contributed by atoms with E-state index in [9.17, 15) is 15.0 Å². The summed E-state index contributed by atoms with van der Waals surface area (Å²) in [5, 5.41) is 21.3. The van der Waals surface area contributed by atoms with Crippen molar-refractivity contribution in [1.29, 1.82) is 0 Å². The number of aryl methyl sites for hydroxylation is 1. The van der Waals surface area contributed by atoms with Gasteiger partial charge in [0, 0.05) is 23.5 Å². The van der Waals surface area contributed by atoms with Gasteiger partial charge in [0.2, 0.25) is 0 Å². The molecule has 2 aromatic rings. The zero-order valence-corrected chi connectivity index (χ0v) is 21.1. The molecule has 5 nitrogen and oxygen atoms in total. The van der Waals surface area contributed by atoms with Crippen LogP contribution >= 0.6 is 11.6 Å². The number of aliphatic hydroxyl groups is 1. The molecule has 186 valence electrons. The molecule has 0 amide bonds. The Morgan fingerprint density at radius 1 is 1.31 bits per heavy atom. The SMILES string of the molecule is C=CC[C@@H](O)[C@]1(C)CC[C@@H]1CN1CC2(CCCc3cc(Cl)ccc32)COc2ccc(C(=O)O)cc21. The summed E-state index contributed by atoms with van der Waals surface area (Å²) in [5.41, 5.74) is 3.26. The number of aromatic carboxylic acids is 1. The maximum atomic E-state index is 11.8. The topological polar surface area (TPSA) is 70.0 Å². The lowest BCUT2D eigenvalue weighted by atomic mass is 9.57. The fourth-order valence-electron chi connectivity index (χ4n) is 6.48. The highest BCUT2D eigenvalue weighted by atomic mass is 35.5. The molecule has 4 atom stereocenters. The minimum absolute atomic E-state index is 0.183. The lowest BCUT2D eigenvalue weighted by Gasteiger charge is -2.52. The molecule has 0 saturated heterocycles. The van der Waals surface area contributed by atoms with Crippen molar-refractivity contribution < 1.29 is 19.7 Å². The number of aliphatic hydroxyl groups excluding tert-OH is 1. The molecule has 0 aromatic heterocycles. The Balaban J connectivity index is 1.55. The normalized spacial score (nSPS) is 28.2. The molecule has 1 spiro atoms. The Morgan fingerprint density at radius 2 is 2.14 bits per heavy atom. The molecule has 0 radical (unpaired) electrons. The van der Waals surface area contributed by atoms with E-state index < -0.39 is 12.1 Å². The number of nitrogens with zero attached hydrogens (tertiary/aromatic N) is 1. The highest BCUT2D eigenvalue weighted by Crippen LogP contribution is 2.52. The fraction of sp³-hybridized carbons (Fsp3) is 0.483. The summed E-state index contributed by atoms with van der Waals surface area (Å²) in [4.78, 5) is 14.1. The van der Waals surface area contributed by atoms with Gasteiger partial charge in [-0.2, -0.15) is 0 Å². The van der Waals surface area contributed by atoms with Gasteiger partial charge in [0.1, 0.15) is 5.75 Å². The monoisotopic (exact) mass is 495 g/mol. The predicted octanol–water partition coefficient (Wildman–Crippen LogP) is 5.86. The third-order valence-corrected chi connectivity index (χ3v) is 9.08. The number of fused-ring (bicyclic) bond motifs is 3. The Bertz CT molecular complexity index is 1150. The molecule has 6 heteroatoms. The van der Waals surface area contributed by atoms with E-state index in [2.05, 4.69) is 30.5 Å². The van der Waals surface area contributed by atoms with Gasteiger partial charge in [-0.05, 0) is 91.3 Å². The molecular formula is C29H34ClNO4. The van der Waals surface area contributed by atoms with E-state index in [1.807, 2.05) is 6.07 Å². The molecule has 5 rings (SSSR count). The average Bonchev–Trinajstić information content (AvgIpc) is 2.98. The Labute approximate surface area is 212 Å². The van der Waals surface area contributed by atoms with Crippen molar-refractivity contribution in [1.82, 2.24) is 0 Å². The quantitative estimate of drug-likeness (QED) is 0.491. The van der Waals surface area contributed by atoms with Crippen molar-refractivity contribution in [2.75, 3.05) is 24.6 Å². The molecule has 2 N–H and O–H groups in total. The second-order valence-electron chi connectivity index (χ2n) is 10.9. The molecule has 1 heterocycles. The zero-order valence-electron chi connectivity index (χ0n) is 20.3. The first-order chi connectivity index (χ1) is 16.8. The van der Waals surface area contributed by atoms with Crippen LogP contribution in [0.25, 0.3) is 0 Å². The van der Waals surface area contributed by atoms with Crippen molar-refractivity contribution in [3.05, 3.63) is 70.8 Å². The van der Waals surface area contributed by atoms with Gasteiger partial charge in [-0.25, -0.2) is 4.79 Å². The van der Waals surface area contributed by atoms with Gasteiger partial charge < -0.3 is 19.8 Å². The van der Waals surface area contributed by atoms with Crippen molar-refractivity contribution in [2.24, 2.45) is 11.3 Å². The Kier molecular flexibility index (Phi) is 6.35. The molecule has 3 aliphatic rings. The summed E-state index contributed by atoms with van der Waals surface area (Å²) in [6.45, 7) is 8.01. The lowest BCUT2D eigenvalue weighted by Crippen LogP contribution is -2.53. The highest BCUT2D eigenvalue weighted by Gasteiger charge is 2.49. The molecule has 1 aliphatic heterocycles. The number of anilines is 1. The van der Waals surface area contributed by atoms with Crippen LogP contribution in [-0.4, -0.2) is 42.0 Å². The smallest absolute Gasteiger partial charge is 0.335 e. The fourth-order valence-corrected chi connectivity index (χ4v) is 6.68. The number of carbonyl (C=O) groups is 1. The van der Waals surface area contributed by atoms with Crippen LogP contribution in [-0.2, 0) is 11.8 Å².